The molecule has 6 nitrogen and oxygen atoms in total. The maximum Gasteiger partial charge on any atom is 0.234 e. The van der Waals surface area contributed by atoms with Crippen LogP contribution in [-0.4, -0.2) is 29.9 Å². The van der Waals surface area contributed by atoms with E-state index in [9.17, 15) is 9.59 Å². The van der Waals surface area contributed by atoms with Crippen molar-refractivity contribution in [2.75, 3.05) is 23.7 Å². The van der Waals surface area contributed by atoms with Crippen LogP contribution in [0.15, 0.2) is 18.2 Å². The topological polar surface area (TPSA) is 88.3 Å². The first kappa shape index (κ1) is 14.4. The van der Waals surface area contributed by atoms with Crippen LogP contribution in [0.25, 0.3) is 10.2 Å². The van der Waals surface area contributed by atoms with Gasteiger partial charge in [0.15, 0.2) is 5.13 Å². The predicted octanol–water partition coefficient (Wildman–Crippen LogP) is 1.90. The molecule has 120 valence electrons. The summed E-state index contributed by atoms with van der Waals surface area (Å²) in [5.74, 6) is -0.270. The molecule has 0 saturated carbocycles. The molecule has 0 aliphatic carbocycles. The summed E-state index contributed by atoms with van der Waals surface area (Å²) in [6.45, 7) is 1.42. The largest absolute Gasteiger partial charge is 0.399 e. The second-order valence-electron chi connectivity index (χ2n) is 6.41. The van der Waals surface area contributed by atoms with Gasteiger partial charge in [0.25, 0.3) is 0 Å². The van der Waals surface area contributed by atoms with Gasteiger partial charge in [-0.3, -0.25) is 14.9 Å². The molecular formula is C16H18N4O2S. The van der Waals surface area contributed by atoms with Gasteiger partial charge in [-0.2, -0.15) is 0 Å². The summed E-state index contributed by atoms with van der Waals surface area (Å²) >= 11 is 1.60. The highest BCUT2D eigenvalue weighted by Gasteiger charge is 2.46. The van der Waals surface area contributed by atoms with Gasteiger partial charge >= 0.3 is 0 Å². The second kappa shape index (κ2) is 5.19. The zero-order chi connectivity index (χ0) is 16.0. The number of imide groups is 1. The van der Waals surface area contributed by atoms with Crippen molar-refractivity contribution in [3.8, 4) is 0 Å². The molecule has 2 aliphatic heterocycles. The van der Waals surface area contributed by atoms with E-state index in [2.05, 4.69) is 15.2 Å². The van der Waals surface area contributed by atoms with Gasteiger partial charge in [-0.05, 0) is 37.5 Å². The molecule has 23 heavy (non-hydrogen) atoms. The Bertz CT molecular complexity index is 802. The van der Waals surface area contributed by atoms with Crippen LogP contribution >= 0.6 is 11.3 Å². The molecule has 4 rings (SSSR count). The highest BCUT2D eigenvalue weighted by Crippen LogP contribution is 2.41. The van der Waals surface area contributed by atoms with E-state index in [4.69, 9.17) is 5.73 Å². The van der Waals surface area contributed by atoms with Crippen molar-refractivity contribution in [2.24, 2.45) is 5.41 Å². The number of fused-ring (bicyclic) bond motifs is 1. The zero-order valence-electron chi connectivity index (χ0n) is 12.7. The number of carbonyl (C=O) groups excluding carboxylic acids is 2. The van der Waals surface area contributed by atoms with Gasteiger partial charge in [0.2, 0.25) is 11.8 Å². The van der Waals surface area contributed by atoms with Crippen molar-refractivity contribution in [2.45, 2.75) is 25.7 Å². The third-order valence-corrected chi connectivity index (χ3v) is 5.90. The van der Waals surface area contributed by atoms with Crippen LogP contribution in [0.5, 0.6) is 0 Å². The molecule has 2 saturated heterocycles. The van der Waals surface area contributed by atoms with E-state index in [0.29, 0.717) is 13.0 Å². The Labute approximate surface area is 137 Å². The molecule has 0 radical (unpaired) electrons. The fourth-order valence-electron chi connectivity index (χ4n) is 3.51. The average Bonchev–Trinajstić information content (AvgIpc) is 3.07. The first-order chi connectivity index (χ1) is 11.1. The Morgan fingerprint density at radius 3 is 3.04 bits per heavy atom. The Balaban J connectivity index is 1.61. The lowest BCUT2D eigenvalue weighted by Crippen LogP contribution is -2.43. The summed E-state index contributed by atoms with van der Waals surface area (Å²) in [7, 11) is 0. The van der Waals surface area contributed by atoms with Gasteiger partial charge in [0, 0.05) is 25.2 Å². The monoisotopic (exact) mass is 330 g/mol. The van der Waals surface area contributed by atoms with Crippen molar-refractivity contribution in [1.29, 1.82) is 0 Å². The van der Waals surface area contributed by atoms with Gasteiger partial charge in [-0.25, -0.2) is 4.98 Å². The lowest BCUT2D eigenvalue weighted by molar-refractivity contribution is -0.134. The first-order valence-electron chi connectivity index (χ1n) is 7.81. The van der Waals surface area contributed by atoms with Crippen LogP contribution in [0.4, 0.5) is 10.8 Å². The van der Waals surface area contributed by atoms with Crippen LogP contribution in [0.3, 0.4) is 0 Å². The molecule has 3 N–H and O–H groups in total. The molecule has 1 atom stereocenters. The van der Waals surface area contributed by atoms with Crippen molar-refractivity contribution in [3.63, 3.8) is 0 Å². The highest BCUT2D eigenvalue weighted by molar-refractivity contribution is 7.22. The van der Waals surface area contributed by atoms with E-state index in [-0.39, 0.29) is 11.8 Å². The standard InChI is InChI=1S/C16H18N4O2S/c17-10-3-4-11-12(8-10)23-15(18-11)20-7-6-16(9-20)5-1-2-13(21)19-14(16)22/h3-4,8H,1-2,5-7,9,17H2,(H,19,21,22). The summed E-state index contributed by atoms with van der Waals surface area (Å²) in [5.41, 5.74) is 7.03. The normalized spacial score (nSPS) is 25.1. The Kier molecular flexibility index (Phi) is 3.26. The van der Waals surface area contributed by atoms with Crippen molar-refractivity contribution >= 4 is 44.2 Å². The lowest BCUT2D eigenvalue weighted by Gasteiger charge is -2.25. The summed E-state index contributed by atoms with van der Waals surface area (Å²) < 4.78 is 1.06. The Hall–Kier alpha value is -2.15. The fourth-order valence-corrected chi connectivity index (χ4v) is 4.55. The van der Waals surface area contributed by atoms with Gasteiger partial charge in [-0.1, -0.05) is 11.3 Å². The maximum absolute atomic E-state index is 12.5. The molecule has 2 aliphatic rings. The van der Waals surface area contributed by atoms with E-state index >= 15 is 0 Å². The highest BCUT2D eigenvalue weighted by atomic mass is 32.1. The third-order valence-electron chi connectivity index (χ3n) is 4.82. The van der Waals surface area contributed by atoms with E-state index in [1.54, 1.807) is 11.3 Å². The number of nitrogens with zero attached hydrogens (tertiary/aromatic N) is 2. The molecule has 2 fully saturated rings. The second-order valence-corrected chi connectivity index (χ2v) is 7.42. The number of hydrogen-bond donors (Lipinski definition) is 2. The number of nitrogens with one attached hydrogen (secondary N) is 1. The number of hydrogen-bond acceptors (Lipinski definition) is 6. The number of rotatable bonds is 1. The van der Waals surface area contributed by atoms with Crippen LogP contribution in [0, 0.1) is 5.41 Å². The first-order valence-corrected chi connectivity index (χ1v) is 8.63. The van der Waals surface area contributed by atoms with Gasteiger partial charge in [-0.15, -0.1) is 0 Å². The smallest absolute Gasteiger partial charge is 0.234 e. The molecule has 1 aromatic carbocycles. The summed E-state index contributed by atoms with van der Waals surface area (Å²) in [5, 5.41) is 3.46. The van der Waals surface area contributed by atoms with Crippen molar-refractivity contribution in [1.82, 2.24) is 10.3 Å². The van der Waals surface area contributed by atoms with Gasteiger partial charge in [0.05, 0.1) is 15.6 Å². The molecule has 1 aromatic heterocycles. The van der Waals surface area contributed by atoms with E-state index in [1.165, 1.54) is 0 Å². The van der Waals surface area contributed by atoms with Crippen LogP contribution in [0.1, 0.15) is 25.7 Å². The number of anilines is 2. The number of amides is 2. The molecular weight excluding hydrogens is 312 g/mol. The minimum atomic E-state index is -0.455. The van der Waals surface area contributed by atoms with Crippen molar-refractivity contribution < 1.29 is 9.59 Å². The predicted molar refractivity (Wildman–Crippen MR) is 90.3 cm³/mol. The van der Waals surface area contributed by atoms with E-state index in [0.717, 1.165) is 46.8 Å². The average molecular weight is 330 g/mol. The van der Waals surface area contributed by atoms with Gasteiger partial charge in [0.1, 0.15) is 0 Å². The number of benzene rings is 1. The van der Waals surface area contributed by atoms with E-state index < -0.39 is 5.41 Å². The summed E-state index contributed by atoms with van der Waals surface area (Å²) in [4.78, 5) is 30.8. The molecule has 0 bridgehead atoms. The number of nitrogen functional groups attached to an aromatic ring is 1. The minimum absolute atomic E-state index is 0.118. The molecule has 2 aromatic rings. The number of thiazole rings is 1. The maximum atomic E-state index is 12.5. The fraction of sp³-hybridized carbons (Fsp3) is 0.438. The summed E-state index contributed by atoms with van der Waals surface area (Å²) in [6.07, 6.45) is 2.73. The third kappa shape index (κ3) is 2.45. The number of carbonyl (C=O) groups is 2. The number of aromatic nitrogens is 1. The van der Waals surface area contributed by atoms with Crippen LogP contribution < -0.4 is 16.0 Å². The van der Waals surface area contributed by atoms with E-state index in [1.807, 2.05) is 18.2 Å². The molecule has 1 spiro atoms. The number of nitrogens with two attached hydrogens (primary N) is 1. The quantitative estimate of drug-likeness (QED) is 0.616. The van der Waals surface area contributed by atoms with Gasteiger partial charge < -0.3 is 10.6 Å². The molecule has 7 heteroatoms. The zero-order valence-corrected chi connectivity index (χ0v) is 13.5. The SMILES string of the molecule is Nc1ccc2nc(N3CCC4(CCCC(=O)NC4=O)C3)sc2c1. The molecule has 1 unspecified atom stereocenters. The van der Waals surface area contributed by atoms with Crippen LogP contribution in [-0.2, 0) is 9.59 Å². The lowest BCUT2D eigenvalue weighted by atomic mass is 9.82. The Morgan fingerprint density at radius 1 is 1.30 bits per heavy atom. The summed E-state index contributed by atoms with van der Waals surface area (Å²) in [6, 6.07) is 5.70. The van der Waals surface area contributed by atoms with Crippen molar-refractivity contribution in [3.05, 3.63) is 18.2 Å². The minimum Gasteiger partial charge on any atom is -0.399 e. The molecule has 3 heterocycles. The van der Waals surface area contributed by atoms with Crippen LogP contribution in [0.2, 0.25) is 0 Å². The Morgan fingerprint density at radius 2 is 2.17 bits per heavy atom. The molecule has 2 amide bonds.